The van der Waals surface area contributed by atoms with Crippen molar-refractivity contribution in [3.8, 4) is 50.9 Å². The maximum absolute atomic E-state index is 14.0. The van der Waals surface area contributed by atoms with Crippen LogP contribution in [-0.2, 0) is 38.1 Å². The second-order valence-corrected chi connectivity index (χ2v) is 40.6. The van der Waals surface area contributed by atoms with Gasteiger partial charge in [0.05, 0.1) is 51.6 Å². The number of fused-ring (bicyclic) bond motifs is 10. The van der Waals surface area contributed by atoms with Gasteiger partial charge < -0.3 is 58.7 Å². The topological polar surface area (TPSA) is 244 Å². The quantitative estimate of drug-likeness (QED) is 0.0585. The number of para-hydroxylation sites is 2. The summed E-state index contributed by atoms with van der Waals surface area (Å²) in [6, 6.07) is 60.3. The first kappa shape index (κ1) is 86.6. The van der Waals surface area contributed by atoms with E-state index in [1.54, 1.807) is 13.8 Å². The fourth-order valence-electron chi connectivity index (χ4n) is 15.2. The second kappa shape index (κ2) is 35.7. The Morgan fingerprint density at radius 2 is 1.18 bits per heavy atom. The molecule has 3 aliphatic rings. The number of ether oxygens (including phenoxy) is 7. The van der Waals surface area contributed by atoms with E-state index in [0.29, 0.717) is 17.5 Å². The number of esters is 2. The molecule has 20 nitrogen and oxygen atoms in total. The fraction of sp³-hybridized carbons (Fsp3) is 0.404. The molecule has 612 valence electrons. The number of amides is 4. The first-order chi connectivity index (χ1) is 54.7. The van der Waals surface area contributed by atoms with E-state index in [1.807, 2.05) is 165 Å². The first-order valence-electron chi connectivity index (χ1n) is 39.4. The number of cyclic esters (lactones) is 1. The molecule has 2 aromatic heterocycles. The Morgan fingerprint density at radius 1 is 0.621 bits per heavy atom. The summed E-state index contributed by atoms with van der Waals surface area (Å²) in [5.74, 6) is -0.613. The maximum Gasteiger partial charge on any atom is 0.407 e. The molecule has 0 saturated carbocycles. The van der Waals surface area contributed by atoms with Gasteiger partial charge in [0.15, 0.2) is 0 Å². The minimum atomic E-state index is -1.02. The smallest absolute Gasteiger partial charge is 0.407 e. The van der Waals surface area contributed by atoms with E-state index >= 15 is 0 Å². The average Bonchev–Trinajstić information content (AvgIpc) is 0.853. The van der Waals surface area contributed by atoms with E-state index < -0.39 is 102 Å². The number of hydrogen-bond donors (Lipinski definition) is 3. The van der Waals surface area contributed by atoms with Gasteiger partial charge >= 0.3 is 24.1 Å². The van der Waals surface area contributed by atoms with Crippen molar-refractivity contribution in [3.05, 3.63) is 193 Å². The number of aliphatic hydroxyl groups is 1. The Labute approximate surface area is 690 Å². The molecule has 116 heavy (non-hydrogen) atoms. The molecule has 2 saturated heterocycles. The number of carbonyl (C=O) groups excluding carboxylic acids is 6. The van der Waals surface area contributed by atoms with Gasteiger partial charge in [0.25, 0.3) is 0 Å². The summed E-state index contributed by atoms with van der Waals surface area (Å²) in [6.07, 6.45) is -2.29. The summed E-state index contributed by atoms with van der Waals surface area (Å²) < 4.78 is 41.1. The van der Waals surface area contributed by atoms with Crippen LogP contribution in [0.3, 0.4) is 0 Å². The molecule has 13 rings (SSSR count). The van der Waals surface area contributed by atoms with E-state index in [9.17, 15) is 33.9 Å². The molecule has 3 aliphatic heterocycles. The lowest BCUT2D eigenvalue weighted by Gasteiger charge is -2.43. The Hall–Kier alpha value is -10.2. The van der Waals surface area contributed by atoms with Crippen LogP contribution in [0, 0.1) is 21.7 Å². The zero-order valence-electron chi connectivity index (χ0n) is 69.9. The van der Waals surface area contributed by atoms with Crippen molar-refractivity contribution in [2.75, 3.05) is 53.7 Å². The number of aliphatic hydroxyl groups excluding tert-OH is 1. The molecular weight excluding hydrogens is 1550 g/mol. The van der Waals surface area contributed by atoms with Crippen LogP contribution >= 0.6 is 23.9 Å². The molecule has 6 atom stereocenters. The van der Waals surface area contributed by atoms with Crippen molar-refractivity contribution in [2.24, 2.45) is 21.7 Å². The molecule has 0 unspecified atom stereocenters. The number of nitrogens with one attached hydrogen (secondary N) is 2. The lowest BCUT2D eigenvalue weighted by atomic mass is 9.85. The number of nitrogens with zero attached hydrogens (tertiary/aromatic N) is 4. The van der Waals surface area contributed by atoms with Crippen LogP contribution in [0.25, 0.3) is 76.7 Å². The van der Waals surface area contributed by atoms with Gasteiger partial charge in [0.2, 0.25) is 23.6 Å². The monoisotopic (exact) mass is 1660 g/mol. The predicted octanol–water partition coefficient (Wildman–Crippen LogP) is 18.7. The van der Waals surface area contributed by atoms with Crippen molar-refractivity contribution in [2.45, 2.75) is 170 Å². The normalized spacial score (nSPS) is 18.3. The van der Waals surface area contributed by atoms with Crippen molar-refractivity contribution >= 4 is 108 Å². The highest BCUT2D eigenvalue weighted by molar-refractivity contribution is 9.10. The highest BCUT2D eigenvalue weighted by atomic mass is 79.9. The van der Waals surface area contributed by atoms with Crippen LogP contribution in [0.2, 0.25) is 0 Å². The second-order valence-electron chi connectivity index (χ2n) is 35.8. The van der Waals surface area contributed by atoms with E-state index in [2.05, 4.69) is 147 Å². The summed E-state index contributed by atoms with van der Waals surface area (Å²) in [6.45, 7) is 33.1. The SMILES string of the molecule is CC(C)(C)P(c1ccc2ccccc2c1-c1cccc2ccccc12)C(C)(C)C.COC(=O)[C@@H]1C[C@@H](Oc2nc3ccccc3cc2-c2cccc(Br)c2)CN1C(=O)[C@@H](NC(=O)OCC(C)(C)CO)C(C)(C)C.COC(=O)[C@@H]1C[C@@H]2CN1C(=O)[C@H](C(C)(C)C)NC(=O)OCC(C)(C)COc1cccc(c1)-c1cc3ccccc3nc1O2. The number of alkyl carbamates (subject to hydrolysis) is 2. The standard InChI is InChI=1S/C33H40BrN3O7.C33H39N3O7.C28H31P/c1-32(2,3)27(36-31(41)43-19-33(4,5)18-38)29(39)37-17-23(16-26(37)30(40)42-6)44-28-24(20-11-9-12-22(34)14-20)15-21-10-7-8-13-25(21)35-28;1-32(2,3)27-29(37)36-17-23(16-26(36)30(38)40-6)43-28-24(15-21-10-7-8-13-25(21)34-28)20-11-9-12-22(14-20)41-18-33(4,5)19-42-31(39)35-27;1-27(2,3)29(28(4,5)6)25-19-18-21-13-8-10-16-23(21)26(25)24-17-11-14-20-12-7-9-15-22(20)24/h7-15,23,26-27,38H,16-19H2,1-6H3,(H,36,41);7-15,23,26-27H,16-19H2,1-6H3,(H,35,39);7-19H,1-6H3/t2*23-,26+,27-;/m11./s1. The van der Waals surface area contributed by atoms with Crippen molar-refractivity contribution in [1.82, 2.24) is 30.4 Å². The van der Waals surface area contributed by atoms with Crippen LogP contribution in [0.1, 0.15) is 124 Å². The summed E-state index contributed by atoms with van der Waals surface area (Å²) in [5, 5.41) is 24.1. The van der Waals surface area contributed by atoms with Gasteiger partial charge in [-0.25, -0.2) is 29.1 Å². The maximum atomic E-state index is 14.0. The minimum Gasteiger partial charge on any atom is -0.493 e. The lowest BCUT2D eigenvalue weighted by molar-refractivity contribution is -0.152. The van der Waals surface area contributed by atoms with Gasteiger partial charge in [-0.15, -0.1) is 0 Å². The summed E-state index contributed by atoms with van der Waals surface area (Å²) in [5.41, 5.74) is 4.95. The van der Waals surface area contributed by atoms with E-state index in [-0.39, 0.29) is 62.7 Å². The molecule has 4 bridgehead atoms. The number of hydrogen-bond acceptors (Lipinski definition) is 16. The van der Waals surface area contributed by atoms with Gasteiger partial charge in [-0.1, -0.05) is 274 Å². The van der Waals surface area contributed by atoms with Crippen molar-refractivity contribution < 1.29 is 67.0 Å². The molecular formula is C94H110BrN6O14P. The molecule has 4 amide bonds. The number of rotatable bonds is 12. The molecule has 3 N–H and O–H groups in total. The zero-order chi connectivity index (χ0) is 84.0. The number of pyridine rings is 2. The Morgan fingerprint density at radius 3 is 1.80 bits per heavy atom. The summed E-state index contributed by atoms with van der Waals surface area (Å²) in [7, 11) is 2.15. The van der Waals surface area contributed by atoms with Gasteiger partial charge in [-0.3, -0.25) is 9.59 Å². The van der Waals surface area contributed by atoms with Gasteiger partial charge in [0.1, 0.15) is 55.3 Å². The van der Waals surface area contributed by atoms with Crippen LogP contribution in [0.15, 0.2) is 193 Å². The molecule has 2 fully saturated rings. The first-order valence-corrected chi connectivity index (χ1v) is 41.5. The van der Waals surface area contributed by atoms with Crippen LogP contribution < -0.4 is 30.1 Å². The van der Waals surface area contributed by atoms with Gasteiger partial charge in [0, 0.05) is 50.0 Å². The summed E-state index contributed by atoms with van der Waals surface area (Å²) in [4.78, 5) is 92.2. The zero-order valence-corrected chi connectivity index (χ0v) is 72.4. The summed E-state index contributed by atoms with van der Waals surface area (Å²) >= 11 is 3.54. The number of halogens is 1. The number of carbonyl (C=O) groups is 6. The Bertz CT molecular complexity index is 5240. The molecule has 0 spiro atoms. The highest BCUT2D eigenvalue weighted by Gasteiger charge is 2.49. The molecule has 0 radical (unpaired) electrons. The number of methoxy groups -OCH3 is 2. The number of aromatic nitrogens is 2. The average molecular weight is 1660 g/mol. The molecule has 22 heteroatoms. The van der Waals surface area contributed by atoms with Crippen LogP contribution in [0.5, 0.6) is 17.5 Å². The molecule has 8 aromatic carbocycles. The lowest BCUT2D eigenvalue weighted by Crippen LogP contribution is -2.57. The highest BCUT2D eigenvalue weighted by Crippen LogP contribution is 2.60. The molecule has 5 heterocycles. The predicted molar refractivity (Wildman–Crippen MR) is 464 cm³/mol. The third-order valence-electron chi connectivity index (χ3n) is 20.8. The largest absolute Gasteiger partial charge is 0.493 e. The van der Waals surface area contributed by atoms with Crippen molar-refractivity contribution in [3.63, 3.8) is 0 Å². The Balaban J connectivity index is 0.000000175. The molecule has 0 aliphatic carbocycles. The third-order valence-corrected chi connectivity index (χ3v) is 24.8. The molecule has 10 aromatic rings. The number of likely N-dealkylation sites (tertiary alicyclic amines) is 1. The minimum absolute atomic E-state index is 0.0378. The number of benzene rings is 8. The van der Waals surface area contributed by atoms with E-state index in [1.165, 1.54) is 62.0 Å². The van der Waals surface area contributed by atoms with E-state index in [0.717, 1.165) is 48.5 Å². The fourth-order valence-corrected chi connectivity index (χ4v) is 19.8. The van der Waals surface area contributed by atoms with Crippen molar-refractivity contribution in [1.29, 1.82) is 0 Å². The van der Waals surface area contributed by atoms with Gasteiger partial charge in [-0.05, 0) is 119 Å². The van der Waals surface area contributed by atoms with Gasteiger partial charge in [-0.2, -0.15) is 0 Å². The van der Waals surface area contributed by atoms with Crippen LogP contribution in [-0.4, -0.2) is 161 Å². The Kier molecular flexibility index (Phi) is 26.7. The van der Waals surface area contributed by atoms with E-state index in [4.69, 9.17) is 43.1 Å². The van der Waals surface area contributed by atoms with Crippen LogP contribution in [0.4, 0.5) is 9.59 Å². The third kappa shape index (κ3) is 20.8.